The number of rotatable bonds is 6. The zero-order valence-corrected chi connectivity index (χ0v) is 16.4. The van der Waals surface area contributed by atoms with Crippen LogP contribution in [0.3, 0.4) is 0 Å². The molecule has 7 nitrogen and oxygen atoms in total. The number of methoxy groups -OCH3 is 1. The summed E-state index contributed by atoms with van der Waals surface area (Å²) in [5.41, 5.74) is 0.377. The van der Waals surface area contributed by atoms with E-state index in [0.29, 0.717) is 11.3 Å². The second-order valence-electron chi connectivity index (χ2n) is 6.92. The minimum absolute atomic E-state index is 0.134. The molecule has 2 amide bonds. The van der Waals surface area contributed by atoms with Crippen molar-refractivity contribution in [1.82, 2.24) is 10.2 Å². The van der Waals surface area contributed by atoms with Gasteiger partial charge in [-0.15, -0.1) is 0 Å². The summed E-state index contributed by atoms with van der Waals surface area (Å²) in [5.74, 6) is -0.705. The maximum absolute atomic E-state index is 12.6. The van der Waals surface area contributed by atoms with Crippen LogP contribution in [0.5, 0.6) is 5.75 Å². The molecule has 7 heteroatoms. The fourth-order valence-corrected chi connectivity index (χ4v) is 3.37. The number of piperidine rings is 1. The first-order valence-electron chi connectivity index (χ1n) is 9.27. The zero-order chi connectivity index (χ0) is 20.0. The van der Waals surface area contributed by atoms with E-state index < -0.39 is 18.0 Å². The molecule has 3 atom stereocenters. The molecule has 27 heavy (non-hydrogen) atoms. The first-order chi connectivity index (χ1) is 12.8. The molecular weight excluding hydrogens is 348 g/mol. The Morgan fingerprint density at radius 2 is 1.89 bits per heavy atom. The van der Waals surface area contributed by atoms with Crippen LogP contribution in [0.15, 0.2) is 24.3 Å². The van der Waals surface area contributed by atoms with Crippen LogP contribution in [0.25, 0.3) is 0 Å². The Labute approximate surface area is 160 Å². The predicted molar refractivity (Wildman–Crippen MR) is 101 cm³/mol. The Morgan fingerprint density at radius 3 is 2.52 bits per heavy atom. The van der Waals surface area contributed by atoms with E-state index in [-0.39, 0.29) is 24.5 Å². The summed E-state index contributed by atoms with van der Waals surface area (Å²) in [5, 5.41) is 2.50. The lowest BCUT2D eigenvalue weighted by molar-refractivity contribution is -0.161. The molecule has 1 aliphatic rings. The third-order valence-electron chi connectivity index (χ3n) is 4.83. The number of likely N-dealkylation sites (tertiary alicyclic amines) is 1. The van der Waals surface area contributed by atoms with Crippen molar-refractivity contribution in [3.8, 4) is 5.75 Å². The largest absolute Gasteiger partial charge is 0.497 e. The molecule has 1 saturated heterocycles. The van der Waals surface area contributed by atoms with Crippen LogP contribution in [0.2, 0.25) is 0 Å². The lowest BCUT2D eigenvalue weighted by atomic mass is 9.97. The van der Waals surface area contributed by atoms with Gasteiger partial charge in [0.05, 0.1) is 7.11 Å². The second-order valence-corrected chi connectivity index (χ2v) is 6.92. The summed E-state index contributed by atoms with van der Waals surface area (Å²) in [6.07, 6.45) is 2.12. The molecule has 1 heterocycles. The lowest BCUT2D eigenvalue weighted by Crippen LogP contribution is -2.51. The SMILES string of the molecule is COc1cccc(C(=O)NCC(=O)O[C@H](C)C(=O)N2[C@H](C)CCC[C@@H]2C)c1. The number of hydrogen-bond donors (Lipinski definition) is 1. The highest BCUT2D eigenvalue weighted by Crippen LogP contribution is 2.23. The Kier molecular flexibility index (Phi) is 7.21. The van der Waals surface area contributed by atoms with E-state index in [0.717, 1.165) is 19.3 Å². The van der Waals surface area contributed by atoms with E-state index in [1.165, 1.54) is 7.11 Å². The molecule has 0 aromatic heterocycles. The van der Waals surface area contributed by atoms with Crippen molar-refractivity contribution >= 4 is 17.8 Å². The topological polar surface area (TPSA) is 84.9 Å². The molecule has 0 spiro atoms. The molecule has 0 radical (unpaired) electrons. The monoisotopic (exact) mass is 376 g/mol. The van der Waals surface area contributed by atoms with E-state index in [4.69, 9.17) is 9.47 Å². The smallest absolute Gasteiger partial charge is 0.326 e. The molecule has 1 aromatic rings. The van der Waals surface area contributed by atoms with Gasteiger partial charge in [-0.1, -0.05) is 6.07 Å². The van der Waals surface area contributed by atoms with Gasteiger partial charge in [0, 0.05) is 17.6 Å². The van der Waals surface area contributed by atoms with Crippen molar-refractivity contribution in [1.29, 1.82) is 0 Å². The molecular formula is C20H28N2O5. The van der Waals surface area contributed by atoms with Crippen molar-refractivity contribution in [2.24, 2.45) is 0 Å². The minimum Gasteiger partial charge on any atom is -0.497 e. The normalized spacial score (nSPS) is 20.5. The lowest BCUT2D eigenvalue weighted by Gasteiger charge is -2.40. The number of benzene rings is 1. The zero-order valence-electron chi connectivity index (χ0n) is 16.4. The van der Waals surface area contributed by atoms with Gasteiger partial charge < -0.3 is 19.7 Å². The molecule has 0 unspecified atom stereocenters. The number of amides is 2. The first kappa shape index (κ1) is 20.7. The van der Waals surface area contributed by atoms with Crippen molar-refractivity contribution < 1.29 is 23.9 Å². The van der Waals surface area contributed by atoms with Crippen LogP contribution in [0, 0.1) is 0 Å². The number of nitrogens with one attached hydrogen (secondary N) is 1. The van der Waals surface area contributed by atoms with Crippen LogP contribution in [0.4, 0.5) is 0 Å². The Bertz CT molecular complexity index is 681. The molecule has 1 N–H and O–H groups in total. The molecule has 0 saturated carbocycles. The highest BCUT2D eigenvalue weighted by molar-refractivity contribution is 5.96. The molecule has 148 valence electrons. The van der Waals surface area contributed by atoms with E-state index >= 15 is 0 Å². The Balaban J connectivity index is 1.85. The fourth-order valence-electron chi connectivity index (χ4n) is 3.37. The summed E-state index contributed by atoms with van der Waals surface area (Å²) in [6, 6.07) is 6.88. The van der Waals surface area contributed by atoms with Crippen molar-refractivity contribution in [3.63, 3.8) is 0 Å². The fraction of sp³-hybridized carbons (Fsp3) is 0.550. The van der Waals surface area contributed by atoms with Gasteiger partial charge in [0.25, 0.3) is 11.8 Å². The van der Waals surface area contributed by atoms with Gasteiger partial charge in [-0.05, 0) is 58.2 Å². The van der Waals surface area contributed by atoms with Gasteiger partial charge in [-0.3, -0.25) is 14.4 Å². The number of carbonyl (C=O) groups is 3. The molecule has 1 aromatic carbocycles. The standard InChI is InChI=1S/C20H28N2O5/c1-13-7-5-8-14(2)22(13)20(25)15(3)27-18(23)12-21-19(24)16-9-6-10-17(11-16)26-4/h6,9-11,13-15H,5,7-8,12H2,1-4H3,(H,21,24)/t13-,14+,15-/m1/s1. The highest BCUT2D eigenvalue weighted by atomic mass is 16.5. The summed E-state index contributed by atoms with van der Waals surface area (Å²) in [7, 11) is 1.51. The molecule has 0 bridgehead atoms. The number of esters is 1. The van der Waals surface area contributed by atoms with Gasteiger partial charge in [0.2, 0.25) is 0 Å². The van der Waals surface area contributed by atoms with Crippen LogP contribution in [-0.2, 0) is 14.3 Å². The van der Waals surface area contributed by atoms with Gasteiger partial charge in [0.15, 0.2) is 6.10 Å². The van der Waals surface area contributed by atoms with E-state index in [1.54, 1.807) is 36.1 Å². The average molecular weight is 376 g/mol. The van der Waals surface area contributed by atoms with Crippen LogP contribution in [0.1, 0.15) is 50.4 Å². The third kappa shape index (κ3) is 5.45. The summed E-state index contributed by atoms with van der Waals surface area (Å²) >= 11 is 0. The molecule has 1 aliphatic heterocycles. The van der Waals surface area contributed by atoms with Crippen LogP contribution < -0.4 is 10.1 Å². The summed E-state index contributed by atoms with van der Waals surface area (Å²) in [6.45, 7) is 5.28. The minimum atomic E-state index is -0.880. The number of nitrogens with zero attached hydrogens (tertiary/aromatic N) is 1. The number of ether oxygens (including phenoxy) is 2. The van der Waals surface area contributed by atoms with Gasteiger partial charge in [-0.25, -0.2) is 0 Å². The predicted octanol–water partition coefficient (Wildman–Crippen LogP) is 2.15. The van der Waals surface area contributed by atoms with Crippen LogP contribution in [-0.4, -0.2) is 54.5 Å². The Morgan fingerprint density at radius 1 is 1.22 bits per heavy atom. The van der Waals surface area contributed by atoms with Crippen molar-refractivity contribution in [2.75, 3.05) is 13.7 Å². The summed E-state index contributed by atoms with van der Waals surface area (Å²) < 4.78 is 10.3. The van der Waals surface area contributed by atoms with Gasteiger partial charge in [-0.2, -0.15) is 0 Å². The number of carbonyl (C=O) groups excluding carboxylic acids is 3. The molecule has 1 fully saturated rings. The van der Waals surface area contributed by atoms with Gasteiger partial charge >= 0.3 is 5.97 Å². The average Bonchev–Trinajstić information content (AvgIpc) is 2.65. The highest BCUT2D eigenvalue weighted by Gasteiger charge is 2.33. The third-order valence-corrected chi connectivity index (χ3v) is 4.83. The maximum Gasteiger partial charge on any atom is 0.326 e. The van der Waals surface area contributed by atoms with Crippen molar-refractivity contribution in [3.05, 3.63) is 29.8 Å². The van der Waals surface area contributed by atoms with E-state index in [9.17, 15) is 14.4 Å². The van der Waals surface area contributed by atoms with E-state index in [1.807, 2.05) is 13.8 Å². The van der Waals surface area contributed by atoms with Gasteiger partial charge in [0.1, 0.15) is 12.3 Å². The second kappa shape index (κ2) is 9.39. The Hall–Kier alpha value is -2.57. The molecule has 2 rings (SSSR count). The van der Waals surface area contributed by atoms with Crippen molar-refractivity contribution in [2.45, 2.75) is 58.2 Å². The van der Waals surface area contributed by atoms with E-state index in [2.05, 4.69) is 5.32 Å². The van der Waals surface area contributed by atoms with Crippen LogP contribution >= 0.6 is 0 Å². The quantitative estimate of drug-likeness (QED) is 0.769. The molecule has 0 aliphatic carbocycles. The first-order valence-corrected chi connectivity index (χ1v) is 9.27. The number of hydrogen-bond acceptors (Lipinski definition) is 5. The summed E-state index contributed by atoms with van der Waals surface area (Å²) in [4.78, 5) is 38.6. The maximum atomic E-state index is 12.6.